The molecule has 19 heavy (non-hydrogen) atoms. The van der Waals surface area contributed by atoms with Gasteiger partial charge in [-0.25, -0.2) is 4.68 Å². The van der Waals surface area contributed by atoms with Gasteiger partial charge in [0.1, 0.15) is 0 Å². The summed E-state index contributed by atoms with van der Waals surface area (Å²) in [7, 11) is 0. The van der Waals surface area contributed by atoms with E-state index in [1.165, 1.54) is 4.68 Å². The number of thioether (sulfide) groups is 1. The number of aliphatic carboxylic acids is 1. The maximum Gasteiger partial charge on any atom is 0.313 e. The van der Waals surface area contributed by atoms with Gasteiger partial charge in [0.15, 0.2) is 5.82 Å². The molecule has 100 valence electrons. The first-order valence-corrected chi connectivity index (χ1v) is 6.67. The summed E-state index contributed by atoms with van der Waals surface area (Å²) in [4.78, 5) is 10.5. The summed E-state index contributed by atoms with van der Waals surface area (Å²) in [6, 6.07) is 5.39. The molecule has 1 aromatic carbocycles. The molecule has 3 N–H and O–H groups in total. The van der Waals surface area contributed by atoms with E-state index in [0.29, 0.717) is 16.0 Å². The lowest BCUT2D eigenvalue weighted by Crippen LogP contribution is -2.12. The molecule has 2 rings (SSSR count). The summed E-state index contributed by atoms with van der Waals surface area (Å²) >= 11 is 6.97. The number of nitrogen functional groups attached to an aromatic ring is 1. The van der Waals surface area contributed by atoms with Crippen LogP contribution in [0.2, 0.25) is 5.02 Å². The molecule has 6 nitrogen and oxygen atoms in total. The predicted octanol–water partition coefficient (Wildman–Crippen LogP) is 1.80. The maximum atomic E-state index is 10.5. The van der Waals surface area contributed by atoms with Gasteiger partial charge < -0.3 is 10.9 Å². The highest BCUT2D eigenvalue weighted by atomic mass is 35.5. The molecule has 2 aromatic rings. The third-order valence-corrected chi connectivity index (χ3v) is 3.76. The summed E-state index contributed by atoms with van der Waals surface area (Å²) in [5.41, 5.74) is 1.68. The van der Waals surface area contributed by atoms with Crippen molar-refractivity contribution in [2.45, 2.75) is 12.1 Å². The second-order valence-corrected chi connectivity index (χ2v) is 5.17. The van der Waals surface area contributed by atoms with Crippen LogP contribution in [-0.4, -0.2) is 31.7 Å². The van der Waals surface area contributed by atoms with Crippen molar-refractivity contribution < 1.29 is 9.90 Å². The van der Waals surface area contributed by atoms with Crippen molar-refractivity contribution in [3.63, 3.8) is 0 Å². The Kier molecular flexibility index (Phi) is 3.96. The zero-order valence-corrected chi connectivity index (χ0v) is 11.6. The normalized spacial score (nSPS) is 10.6. The van der Waals surface area contributed by atoms with Gasteiger partial charge in [0.2, 0.25) is 5.16 Å². The quantitative estimate of drug-likeness (QED) is 0.660. The van der Waals surface area contributed by atoms with Crippen molar-refractivity contribution in [2.24, 2.45) is 0 Å². The van der Waals surface area contributed by atoms with Gasteiger partial charge in [0, 0.05) is 10.6 Å². The Morgan fingerprint density at radius 1 is 1.53 bits per heavy atom. The first-order chi connectivity index (χ1) is 8.99. The van der Waals surface area contributed by atoms with Crippen LogP contribution in [0.1, 0.15) is 5.56 Å². The molecule has 0 spiro atoms. The molecule has 1 heterocycles. The van der Waals surface area contributed by atoms with Crippen molar-refractivity contribution in [1.29, 1.82) is 0 Å². The second-order valence-electron chi connectivity index (χ2n) is 3.82. The minimum absolute atomic E-state index is 0.116. The number of nitrogens with two attached hydrogens (primary N) is 1. The van der Waals surface area contributed by atoms with E-state index in [1.54, 1.807) is 12.1 Å². The Bertz CT molecular complexity index is 629. The largest absolute Gasteiger partial charge is 0.481 e. The SMILES string of the molecule is Cc1cc(-c2nnc(SCC(=O)O)n2N)ccc1Cl. The van der Waals surface area contributed by atoms with E-state index in [4.69, 9.17) is 22.6 Å². The fraction of sp³-hybridized carbons (Fsp3) is 0.182. The molecule has 0 unspecified atom stereocenters. The van der Waals surface area contributed by atoms with Gasteiger partial charge in [-0.2, -0.15) is 0 Å². The van der Waals surface area contributed by atoms with Crippen molar-refractivity contribution in [2.75, 3.05) is 11.6 Å². The number of carbonyl (C=O) groups is 1. The molecule has 0 saturated heterocycles. The first kappa shape index (κ1) is 13.7. The van der Waals surface area contributed by atoms with Gasteiger partial charge in [0.05, 0.1) is 5.75 Å². The van der Waals surface area contributed by atoms with E-state index in [0.717, 1.165) is 22.9 Å². The van der Waals surface area contributed by atoms with Crippen LogP contribution in [0.25, 0.3) is 11.4 Å². The Labute approximate surface area is 118 Å². The van der Waals surface area contributed by atoms with E-state index in [-0.39, 0.29) is 5.75 Å². The highest BCUT2D eigenvalue weighted by Gasteiger charge is 2.13. The summed E-state index contributed by atoms with van der Waals surface area (Å²) in [5.74, 6) is 5.27. The molecule has 0 amide bonds. The van der Waals surface area contributed by atoms with Crippen LogP contribution in [0.5, 0.6) is 0 Å². The van der Waals surface area contributed by atoms with Gasteiger partial charge in [-0.15, -0.1) is 10.2 Å². The van der Waals surface area contributed by atoms with E-state index in [1.807, 2.05) is 13.0 Å². The lowest BCUT2D eigenvalue weighted by Gasteiger charge is -2.04. The zero-order chi connectivity index (χ0) is 14.0. The van der Waals surface area contributed by atoms with Gasteiger partial charge in [-0.05, 0) is 30.7 Å². The summed E-state index contributed by atoms with van der Waals surface area (Å²) in [5, 5.41) is 17.5. The number of aryl methyl sites for hydroxylation is 1. The molecular formula is C11H11ClN4O2S. The lowest BCUT2D eigenvalue weighted by atomic mass is 10.1. The topological polar surface area (TPSA) is 94.0 Å². The second kappa shape index (κ2) is 5.50. The molecule has 0 saturated carbocycles. The van der Waals surface area contributed by atoms with E-state index >= 15 is 0 Å². The highest BCUT2D eigenvalue weighted by molar-refractivity contribution is 7.99. The van der Waals surface area contributed by atoms with Crippen LogP contribution in [0.4, 0.5) is 0 Å². The Hall–Kier alpha value is -1.73. The number of benzene rings is 1. The molecule has 0 bridgehead atoms. The molecule has 0 aliphatic rings. The number of hydrogen-bond acceptors (Lipinski definition) is 5. The van der Waals surface area contributed by atoms with E-state index in [2.05, 4.69) is 10.2 Å². The minimum Gasteiger partial charge on any atom is -0.481 e. The average Bonchev–Trinajstić information content (AvgIpc) is 2.72. The standard InChI is InChI=1S/C11H11ClN4O2S/c1-6-4-7(2-3-8(6)12)10-14-15-11(16(10)13)19-5-9(17)18/h2-4H,5,13H2,1H3,(H,17,18). The number of carboxylic acid groups (broad SMARTS) is 1. The maximum absolute atomic E-state index is 10.5. The van der Waals surface area contributed by atoms with Gasteiger partial charge in [-0.1, -0.05) is 23.4 Å². The van der Waals surface area contributed by atoms with E-state index in [9.17, 15) is 4.79 Å². The number of aromatic nitrogens is 3. The number of carboxylic acids is 1. The Balaban J connectivity index is 2.30. The molecule has 0 atom stereocenters. The van der Waals surface area contributed by atoms with Crippen LogP contribution in [0.15, 0.2) is 23.4 Å². The van der Waals surface area contributed by atoms with Crippen LogP contribution < -0.4 is 5.84 Å². The fourth-order valence-corrected chi connectivity index (χ4v) is 2.18. The third-order valence-electron chi connectivity index (χ3n) is 2.41. The molecular weight excluding hydrogens is 288 g/mol. The lowest BCUT2D eigenvalue weighted by molar-refractivity contribution is -0.133. The number of nitrogens with zero attached hydrogens (tertiary/aromatic N) is 3. The number of hydrogen-bond donors (Lipinski definition) is 2. The minimum atomic E-state index is -0.933. The number of halogens is 1. The van der Waals surface area contributed by atoms with Crippen molar-refractivity contribution in [1.82, 2.24) is 14.9 Å². The van der Waals surface area contributed by atoms with Crippen LogP contribution >= 0.6 is 23.4 Å². The van der Waals surface area contributed by atoms with Crippen molar-refractivity contribution in [3.05, 3.63) is 28.8 Å². The van der Waals surface area contributed by atoms with Crippen LogP contribution in [-0.2, 0) is 4.79 Å². The monoisotopic (exact) mass is 298 g/mol. The zero-order valence-electron chi connectivity index (χ0n) is 10.00. The molecule has 0 aliphatic heterocycles. The van der Waals surface area contributed by atoms with Crippen LogP contribution in [0.3, 0.4) is 0 Å². The molecule has 8 heteroatoms. The highest BCUT2D eigenvalue weighted by Crippen LogP contribution is 2.25. The average molecular weight is 299 g/mol. The molecule has 0 fully saturated rings. The molecule has 0 aliphatic carbocycles. The smallest absolute Gasteiger partial charge is 0.313 e. The van der Waals surface area contributed by atoms with Gasteiger partial charge in [0.25, 0.3) is 0 Å². The summed E-state index contributed by atoms with van der Waals surface area (Å²) in [6.07, 6.45) is 0. The Morgan fingerprint density at radius 3 is 2.89 bits per heavy atom. The van der Waals surface area contributed by atoms with Crippen molar-refractivity contribution >= 4 is 29.3 Å². The Morgan fingerprint density at radius 2 is 2.26 bits per heavy atom. The molecule has 0 radical (unpaired) electrons. The van der Waals surface area contributed by atoms with E-state index < -0.39 is 5.97 Å². The van der Waals surface area contributed by atoms with Gasteiger partial charge >= 0.3 is 5.97 Å². The van der Waals surface area contributed by atoms with Gasteiger partial charge in [-0.3, -0.25) is 4.79 Å². The predicted molar refractivity (Wildman–Crippen MR) is 73.7 cm³/mol. The van der Waals surface area contributed by atoms with Crippen molar-refractivity contribution in [3.8, 4) is 11.4 Å². The van der Waals surface area contributed by atoms with Crippen LogP contribution in [0, 0.1) is 6.92 Å². The fourth-order valence-electron chi connectivity index (χ4n) is 1.48. The molecule has 1 aromatic heterocycles. The number of rotatable bonds is 4. The first-order valence-electron chi connectivity index (χ1n) is 5.30. The summed E-state index contributed by atoms with van der Waals surface area (Å²) in [6.45, 7) is 1.88. The third kappa shape index (κ3) is 2.99. The summed E-state index contributed by atoms with van der Waals surface area (Å²) < 4.78 is 1.27.